The van der Waals surface area contributed by atoms with Crippen LogP contribution in [0.15, 0.2) is 47.3 Å². The first kappa shape index (κ1) is 18.2. The average molecular weight is 377 g/mol. The Morgan fingerprint density at radius 2 is 1.93 bits per heavy atom. The van der Waals surface area contributed by atoms with Crippen molar-refractivity contribution in [1.82, 2.24) is 15.1 Å². The minimum absolute atomic E-state index is 0.119. The number of fused-ring (bicyclic) bond motifs is 2. The van der Waals surface area contributed by atoms with Gasteiger partial charge in [0.2, 0.25) is 5.91 Å². The van der Waals surface area contributed by atoms with Crippen molar-refractivity contribution in [1.29, 1.82) is 0 Å². The van der Waals surface area contributed by atoms with Crippen molar-refractivity contribution in [3.8, 4) is 5.75 Å². The standard InChI is InChI=1S/C22H23N3O3/c1-25-22(27)19-8-3-2-7-18(19)20(24-25)14-21(26)23-11-12-28-17-10-9-15-5-4-6-16(15)13-17/h2-3,7-10,13H,4-6,11-12,14H2,1H3,(H,23,26). The van der Waals surface area contributed by atoms with Crippen LogP contribution < -0.4 is 15.6 Å². The lowest BCUT2D eigenvalue weighted by Crippen LogP contribution is -2.31. The fraction of sp³-hybridized carbons (Fsp3) is 0.318. The summed E-state index contributed by atoms with van der Waals surface area (Å²) in [7, 11) is 1.60. The fourth-order valence-corrected chi connectivity index (χ4v) is 3.72. The predicted octanol–water partition coefficient (Wildman–Crippen LogP) is 2.16. The summed E-state index contributed by atoms with van der Waals surface area (Å²) < 4.78 is 7.04. The van der Waals surface area contributed by atoms with E-state index in [-0.39, 0.29) is 17.9 Å². The highest BCUT2D eigenvalue weighted by Gasteiger charge is 2.13. The van der Waals surface area contributed by atoms with E-state index in [0.717, 1.165) is 24.0 Å². The van der Waals surface area contributed by atoms with Crippen LogP contribution >= 0.6 is 0 Å². The second kappa shape index (κ2) is 7.84. The minimum Gasteiger partial charge on any atom is -0.492 e. The summed E-state index contributed by atoms with van der Waals surface area (Å²) in [4.78, 5) is 24.5. The number of benzene rings is 2. The lowest BCUT2D eigenvalue weighted by atomic mass is 10.1. The molecule has 0 fully saturated rings. The molecule has 28 heavy (non-hydrogen) atoms. The van der Waals surface area contributed by atoms with Crippen molar-refractivity contribution in [3.63, 3.8) is 0 Å². The highest BCUT2D eigenvalue weighted by molar-refractivity contribution is 5.88. The number of ether oxygens (including phenoxy) is 1. The normalized spacial score (nSPS) is 12.8. The molecule has 0 saturated heterocycles. The summed E-state index contributed by atoms with van der Waals surface area (Å²) >= 11 is 0. The number of aromatic nitrogens is 2. The van der Waals surface area contributed by atoms with Gasteiger partial charge in [0.05, 0.1) is 24.0 Å². The highest BCUT2D eigenvalue weighted by Crippen LogP contribution is 2.25. The van der Waals surface area contributed by atoms with Gasteiger partial charge < -0.3 is 10.1 Å². The zero-order valence-corrected chi connectivity index (χ0v) is 15.9. The van der Waals surface area contributed by atoms with E-state index in [1.807, 2.05) is 24.3 Å². The second-order valence-electron chi connectivity index (χ2n) is 7.08. The molecule has 1 aromatic heterocycles. The first-order chi connectivity index (χ1) is 13.6. The van der Waals surface area contributed by atoms with Gasteiger partial charge in [-0.2, -0.15) is 5.10 Å². The smallest absolute Gasteiger partial charge is 0.274 e. The third-order valence-corrected chi connectivity index (χ3v) is 5.12. The molecule has 144 valence electrons. The predicted molar refractivity (Wildman–Crippen MR) is 108 cm³/mol. The van der Waals surface area contributed by atoms with Crippen molar-refractivity contribution >= 4 is 16.7 Å². The number of hydrogen-bond donors (Lipinski definition) is 1. The van der Waals surface area contributed by atoms with Gasteiger partial charge in [-0.05, 0) is 48.6 Å². The molecule has 3 aromatic rings. The van der Waals surface area contributed by atoms with Crippen molar-refractivity contribution in [2.24, 2.45) is 7.05 Å². The SMILES string of the molecule is Cn1nc(CC(=O)NCCOc2ccc3c(c2)CCC3)c2ccccc2c1=O. The van der Waals surface area contributed by atoms with Gasteiger partial charge in [0.1, 0.15) is 12.4 Å². The molecule has 1 amide bonds. The third-order valence-electron chi connectivity index (χ3n) is 5.12. The van der Waals surface area contributed by atoms with E-state index in [2.05, 4.69) is 22.5 Å². The van der Waals surface area contributed by atoms with Gasteiger partial charge in [0.15, 0.2) is 0 Å². The van der Waals surface area contributed by atoms with Crippen LogP contribution in [-0.2, 0) is 31.1 Å². The number of rotatable bonds is 6. The first-order valence-corrected chi connectivity index (χ1v) is 9.58. The summed E-state index contributed by atoms with van der Waals surface area (Å²) in [6, 6.07) is 13.5. The zero-order valence-electron chi connectivity index (χ0n) is 15.9. The number of nitrogens with zero attached hydrogens (tertiary/aromatic N) is 2. The molecule has 0 spiro atoms. The molecule has 0 unspecified atom stereocenters. The number of amides is 1. The molecular weight excluding hydrogens is 354 g/mol. The number of hydrogen-bond acceptors (Lipinski definition) is 4. The molecule has 0 aliphatic heterocycles. The maximum atomic E-state index is 12.3. The Balaban J connectivity index is 1.33. The van der Waals surface area contributed by atoms with E-state index in [1.54, 1.807) is 13.1 Å². The van der Waals surface area contributed by atoms with Crippen molar-refractivity contribution in [2.75, 3.05) is 13.2 Å². The van der Waals surface area contributed by atoms with Gasteiger partial charge in [-0.1, -0.05) is 24.3 Å². The molecule has 0 radical (unpaired) electrons. The quantitative estimate of drug-likeness (QED) is 0.668. The molecule has 2 aromatic carbocycles. The molecule has 1 heterocycles. The number of aryl methyl sites for hydroxylation is 3. The largest absolute Gasteiger partial charge is 0.492 e. The lowest BCUT2D eigenvalue weighted by Gasteiger charge is -2.10. The van der Waals surface area contributed by atoms with Crippen molar-refractivity contribution in [2.45, 2.75) is 25.7 Å². The van der Waals surface area contributed by atoms with Crippen LogP contribution in [0.2, 0.25) is 0 Å². The zero-order chi connectivity index (χ0) is 19.5. The topological polar surface area (TPSA) is 73.2 Å². The van der Waals surface area contributed by atoms with Crippen LogP contribution in [0.5, 0.6) is 5.75 Å². The number of carbonyl (C=O) groups excluding carboxylic acids is 1. The molecule has 1 aliphatic carbocycles. The maximum Gasteiger partial charge on any atom is 0.274 e. The van der Waals surface area contributed by atoms with Crippen LogP contribution in [0.3, 0.4) is 0 Å². The van der Waals surface area contributed by atoms with E-state index in [1.165, 1.54) is 22.2 Å². The molecule has 0 saturated carbocycles. The van der Waals surface area contributed by atoms with Gasteiger partial charge in [0, 0.05) is 12.4 Å². The third kappa shape index (κ3) is 3.76. The Bertz CT molecular complexity index is 1090. The molecule has 0 bridgehead atoms. The van der Waals surface area contributed by atoms with E-state index in [4.69, 9.17) is 4.74 Å². The monoisotopic (exact) mass is 377 g/mol. The lowest BCUT2D eigenvalue weighted by molar-refractivity contribution is -0.120. The number of carbonyl (C=O) groups is 1. The van der Waals surface area contributed by atoms with Crippen LogP contribution in [0.4, 0.5) is 0 Å². The number of nitrogens with one attached hydrogen (secondary N) is 1. The van der Waals surface area contributed by atoms with E-state index in [0.29, 0.717) is 24.2 Å². The van der Waals surface area contributed by atoms with Gasteiger partial charge in [-0.15, -0.1) is 0 Å². The molecule has 0 atom stereocenters. The molecule has 4 rings (SSSR count). The Labute approximate surface area is 163 Å². The molecule has 1 N–H and O–H groups in total. The van der Waals surface area contributed by atoms with Crippen LogP contribution in [0.25, 0.3) is 10.8 Å². The maximum absolute atomic E-state index is 12.3. The average Bonchev–Trinajstić information content (AvgIpc) is 3.17. The van der Waals surface area contributed by atoms with Gasteiger partial charge >= 0.3 is 0 Å². The minimum atomic E-state index is -0.164. The van der Waals surface area contributed by atoms with Crippen LogP contribution in [0.1, 0.15) is 23.2 Å². The van der Waals surface area contributed by atoms with Crippen LogP contribution in [0, 0.1) is 0 Å². The van der Waals surface area contributed by atoms with Gasteiger partial charge in [-0.3, -0.25) is 9.59 Å². The molecule has 6 heteroatoms. The second-order valence-corrected chi connectivity index (χ2v) is 7.08. The Morgan fingerprint density at radius 3 is 2.79 bits per heavy atom. The molecular formula is C22H23N3O3. The van der Waals surface area contributed by atoms with E-state index < -0.39 is 0 Å². The van der Waals surface area contributed by atoms with Gasteiger partial charge in [0.25, 0.3) is 5.56 Å². The molecule has 1 aliphatic rings. The summed E-state index contributed by atoms with van der Waals surface area (Å²) in [6.45, 7) is 0.825. The molecule has 6 nitrogen and oxygen atoms in total. The van der Waals surface area contributed by atoms with Crippen molar-refractivity contribution < 1.29 is 9.53 Å². The van der Waals surface area contributed by atoms with Crippen molar-refractivity contribution in [3.05, 3.63) is 69.6 Å². The fourth-order valence-electron chi connectivity index (χ4n) is 3.72. The summed E-state index contributed by atoms with van der Waals surface area (Å²) in [5.74, 6) is 0.703. The Kier molecular flexibility index (Phi) is 5.10. The van der Waals surface area contributed by atoms with Gasteiger partial charge in [-0.25, -0.2) is 4.68 Å². The highest BCUT2D eigenvalue weighted by atomic mass is 16.5. The summed E-state index contributed by atoms with van der Waals surface area (Å²) in [5, 5.41) is 8.41. The first-order valence-electron chi connectivity index (χ1n) is 9.58. The Morgan fingerprint density at radius 1 is 1.14 bits per heavy atom. The van der Waals surface area contributed by atoms with E-state index >= 15 is 0 Å². The van der Waals surface area contributed by atoms with E-state index in [9.17, 15) is 9.59 Å². The summed E-state index contributed by atoms with van der Waals surface area (Å²) in [6.07, 6.45) is 3.60. The summed E-state index contributed by atoms with van der Waals surface area (Å²) in [5.41, 5.74) is 3.21. The Hall–Kier alpha value is -3.15. The van der Waals surface area contributed by atoms with Crippen LogP contribution in [-0.4, -0.2) is 28.8 Å².